The predicted octanol–water partition coefficient (Wildman–Crippen LogP) is 1.26. The lowest BCUT2D eigenvalue weighted by molar-refractivity contribution is -0.123. The van der Waals surface area contributed by atoms with Crippen molar-refractivity contribution in [1.82, 2.24) is 20.0 Å². The van der Waals surface area contributed by atoms with Crippen LogP contribution >= 0.6 is 0 Å². The summed E-state index contributed by atoms with van der Waals surface area (Å²) in [5, 5.41) is 7.72. The number of amides is 1. The van der Waals surface area contributed by atoms with Crippen molar-refractivity contribution in [3.05, 3.63) is 17.5 Å². The molecule has 3 heterocycles. The minimum atomic E-state index is 0.150. The van der Waals surface area contributed by atoms with Gasteiger partial charge in [0.25, 0.3) is 0 Å². The highest BCUT2D eigenvalue weighted by atomic mass is 16.5. The maximum atomic E-state index is 12.3. The topological polar surface area (TPSA) is 59.4 Å². The van der Waals surface area contributed by atoms with E-state index in [0.717, 1.165) is 57.7 Å². The van der Waals surface area contributed by atoms with Gasteiger partial charge in [0.2, 0.25) is 5.91 Å². The highest BCUT2D eigenvalue weighted by Gasteiger charge is 2.28. The molecule has 1 N–H and O–H groups in total. The van der Waals surface area contributed by atoms with Crippen LogP contribution in [0.2, 0.25) is 0 Å². The number of hydrogen-bond donors (Lipinski definition) is 1. The van der Waals surface area contributed by atoms with E-state index in [1.54, 1.807) is 0 Å². The second kappa shape index (κ2) is 7.45. The lowest BCUT2D eigenvalue weighted by atomic mass is 10.1. The molecule has 6 nitrogen and oxygen atoms in total. The van der Waals surface area contributed by atoms with E-state index < -0.39 is 0 Å². The largest absolute Gasteiger partial charge is 0.381 e. The number of hydrogen-bond acceptors (Lipinski definition) is 4. The molecule has 0 bridgehead atoms. The summed E-state index contributed by atoms with van der Waals surface area (Å²) in [5.41, 5.74) is 2.25. The van der Waals surface area contributed by atoms with E-state index in [2.05, 4.69) is 33.0 Å². The number of nitrogens with zero attached hydrogens (tertiary/aromatic N) is 3. The van der Waals surface area contributed by atoms with E-state index >= 15 is 0 Å². The molecule has 1 amide bonds. The average molecular weight is 320 g/mol. The molecule has 2 fully saturated rings. The van der Waals surface area contributed by atoms with Crippen molar-refractivity contribution in [2.75, 3.05) is 26.3 Å². The zero-order valence-corrected chi connectivity index (χ0v) is 14.3. The van der Waals surface area contributed by atoms with E-state index in [1.165, 1.54) is 5.69 Å². The van der Waals surface area contributed by atoms with E-state index in [0.29, 0.717) is 12.6 Å². The summed E-state index contributed by atoms with van der Waals surface area (Å²) in [6.07, 6.45) is 4.17. The van der Waals surface area contributed by atoms with Gasteiger partial charge in [0.1, 0.15) is 0 Å². The fourth-order valence-corrected chi connectivity index (χ4v) is 3.67. The van der Waals surface area contributed by atoms with Crippen molar-refractivity contribution < 1.29 is 9.53 Å². The highest BCUT2D eigenvalue weighted by molar-refractivity contribution is 5.78. The van der Waals surface area contributed by atoms with Crippen LogP contribution < -0.4 is 5.32 Å². The molecule has 2 aliphatic heterocycles. The molecule has 0 saturated carbocycles. The summed E-state index contributed by atoms with van der Waals surface area (Å²) < 4.78 is 7.42. The molecular weight excluding hydrogens is 292 g/mol. The Morgan fingerprint density at radius 1 is 1.35 bits per heavy atom. The number of aryl methyl sites for hydroxylation is 2. The molecule has 0 radical (unpaired) electrons. The Labute approximate surface area is 138 Å². The Balaban J connectivity index is 1.52. The summed E-state index contributed by atoms with van der Waals surface area (Å²) in [7, 11) is 0. The van der Waals surface area contributed by atoms with Gasteiger partial charge in [0.15, 0.2) is 0 Å². The monoisotopic (exact) mass is 320 g/mol. The van der Waals surface area contributed by atoms with Gasteiger partial charge in [-0.05, 0) is 52.1 Å². The number of nitrogens with one attached hydrogen (secondary N) is 1. The third-order valence-corrected chi connectivity index (χ3v) is 4.92. The SMILES string of the molecule is Cc1cc(C)n(C[C@H]2CCCN2CC(=O)NC2CCOCC2)n1. The lowest BCUT2D eigenvalue weighted by Crippen LogP contribution is -2.46. The van der Waals surface area contributed by atoms with Crippen LogP contribution in [-0.2, 0) is 16.1 Å². The zero-order valence-electron chi connectivity index (χ0n) is 14.3. The van der Waals surface area contributed by atoms with E-state index in [-0.39, 0.29) is 11.9 Å². The van der Waals surface area contributed by atoms with Crippen molar-refractivity contribution in [3.8, 4) is 0 Å². The van der Waals surface area contributed by atoms with Crippen LogP contribution in [0.1, 0.15) is 37.1 Å². The lowest BCUT2D eigenvalue weighted by Gasteiger charge is -2.27. The summed E-state index contributed by atoms with van der Waals surface area (Å²) in [4.78, 5) is 14.6. The quantitative estimate of drug-likeness (QED) is 0.887. The Hall–Kier alpha value is -1.40. The van der Waals surface area contributed by atoms with Crippen LogP contribution in [0.4, 0.5) is 0 Å². The van der Waals surface area contributed by atoms with Gasteiger partial charge in [-0.3, -0.25) is 14.4 Å². The number of rotatable bonds is 5. The van der Waals surface area contributed by atoms with Crippen LogP contribution in [0.5, 0.6) is 0 Å². The van der Waals surface area contributed by atoms with Crippen LogP contribution in [0, 0.1) is 13.8 Å². The van der Waals surface area contributed by atoms with Crippen LogP contribution in [0.15, 0.2) is 6.07 Å². The predicted molar refractivity (Wildman–Crippen MR) is 88.3 cm³/mol. The van der Waals surface area contributed by atoms with E-state index in [9.17, 15) is 4.79 Å². The Morgan fingerprint density at radius 3 is 2.83 bits per heavy atom. The fourth-order valence-electron chi connectivity index (χ4n) is 3.67. The van der Waals surface area contributed by atoms with Crippen LogP contribution in [0.3, 0.4) is 0 Å². The fraction of sp³-hybridized carbons (Fsp3) is 0.765. The minimum absolute atomic E-state index is 0.150. The maximum Gasteiger partial charge on any atom is 0.234 e. The van der Waals surface area contributed by atoms with Crippen molar-refractivity contribution >= 4 is 5.91 Å². The summed E-state index contributed by atoms with van der Waals surface area (Å²) in [6, 6.07) is 2.80. The molecule has 23 heavy (non-hydrogen) atoms. The second-order valence-corrected chi connectivity index (χ2v) is 6.83. The molecule has 1 aromatic heterocycles. The number of carbonyl (C=O) groups is 1. The molecule has 2 aliphatic rings. The molecule has 1 aromatic rings. The Bertz CT molecular complexity index is 537. The normalized spacial score (nSPS) is 23.3. The first-order valence-corrected chi connectivity index (χ1v) is 8.74. The molecule has 1 atom stereocenters. The van der Waals surface area contributed by atoms with Gasteiger partial charge in [-0.15, -0.1) is 0 Å². The Morgan fingerprint density at radius 2 is 2.13 bits per heavy atom. The third kappa shape index (κ3) is 4.32. The molecule has 3 rings (SSSR count). The van der Waals surface area contributed by atoms with Crippen molar-refractivity contribution in [3.63, 3.8) is 0 Å². The Kier molecular flexibility index (Phi) is 5.33. The van der Waals surface area contributed by atoms with Crippen molar-refractivity contribution in [2.24, 2.45) is 0 Å². The first-order chi connectivity index (χ1) is 11.1. The molecule has 0 spiro atoms. The van der Waals surface area contributed by atoms with E-state index in [1.807, 2.05) is 6.92 Å². The van der Waals surface area contributed by atoms with Gasteiger partial charge < -0.3 is 10.1 Å². The van der Waals surface area contributed by atoms with Gasteiger partial charge in [-0.2, -0.15) is 5.10 Å². The van der Waals surface area contributed by atoms with Crippen LogP contribution in [-0.4, -0.2) is 59.0 Å². The minimum Gasteiger partial charge on any atom is -0.381 e. The zero-order chi connectivity index (χ0) is 16.2. The molecule has 0 aliphatic carbocycles. The number of ether oxygens (including phenoxy) is 1. The number of carbonyl (C=O) groups excluding carboxylic acids is 1. The number of likely N-dealkylation sites (tertiary alicyclic amines) is 1. The standard InChI is InChI=1S/C17H28N4O2/c1-13-10-14(2)21(19-13)11-16-4-3-7-20(16)12-17(22)18-15-5-8-23-9-6-15/h10,15-16H,3-9,11-12H2,1-2H3,(H,18,22)/t16-/m1/s1. The first-order valence-electron chi connectivity index (χ1n) is 8.74. The summed E-state index contributed by atoms with van der Waals surface area (Å²) >= 11 is 0. The molecule has 0 aromatic carbocycles. The van der Waals surface area contributed by atoms with Gasteiger partial charge in [-0.1, -0.05) is 0 Å². The molecular formula is C17H28N4O2. The van der Waals surface area contributed by atoms with Gasteiger partial charge in [0, 0.05) is 31.0 Å². The summed E-state index contributed by atoms with van der Waals surface area (Å²) in [5.74, 6) is 0.150. The van der Waals surface area contributed by atoms with E-state index in [4.69, 9.17) is 4.74 Å². The van der Waals surface area contributed by atoms with Gasteiger partial charge >= 0.3 is 0 Å². The van der Waals surface area contributed by atoms with Gasteiger partial charge in [0.05, 0.1) is 18.8 Å². The molecule has 6 heteroatoms. The van der Waals surface area contributed by atoms with Gasteiger partial charge in [-0.25, -0.2) is 0 Å². The first kappa shape index (κ1) is 16.5. The maximum absolute atomic E-state index is 12.3. The smallest absolute Gasteiger partial charge is 0.234 e. The second-order valence-electron chi connectivity index (χ2n) is 6.83. The third-order valence-electron chi connectivity index (χ3n) is 4.92. The van der Waals surface area contributed by atoms with Crippen molar-refractivity contribution in [2.45, 2.75) is 58.2 Å². The molecule has 128 valence electrons. The summed E-state index contributed by atoms with van der Waals surface area (Å²) in [6.45, 7) is 8.02. The molecule has 2 saturated heterocycles. The van der Waals surface area contributed by atoms with Crippen molar-refractivity contribution in [1.29, 1.82) is 0 Å². The average Bonchev–Trinajstić information content (AvgIpc) is 3.07. The molecule has 0 unspecified atom stereocenters. The highest BCUT2D eigenvalue weighted by Crippen LogP contribution is 2.19. The number of aromatic nitrogens is 2. The van der Waals surface area contributed by atoms with Crippen LogP contribution in [0.25, 0.3) is 0 Å².